The molecule has 164 valence electrons. The van der Waals surface area contributed by atoms with Crippen LogP contribution in [0.2, 0.25) is 0 Å². The van der Waals surface area contributed by atoms with Gasteiger partial charge in [-0.1, -0.05) is 0 Å². The Labute approximate surface area is 183 Å². The highest BCUT2D eigenvalue weighted by molar-refractivity contribution is 7.89. The van der Waals surface area contributed by atoms with E-state index in [1.807, 2.05) is 5.38 Å². The molecule has 1 saturated heterocycles. The van der Waals surface area contributed by atoms with Gasteiger partial charge in [0.2, 0.25) is 10.0 Å². The monoisotopic (exact) mass is 462 g/mol. The molecule has 0 amide bonds. The van der Waals surface area contributed by atoms with Crippen LogP contribution in [-0.2, 0) is 21.3 Å². The number of hydrogen-bond donors (Lipinski definition) is 0. The normalized spacial score (nSPS) is 15.9. The molecular weight excluding hydrogens is 440 g/mol. The van der Waals surface area contributed by atoms with Gasteiger partial charge in [-0.15, -0.1) is 11.3 Å². The van der Waals surface area contributed by atoms with E-state index in [4.69, 9.17) is 4.74 Å². The second-order valence-electron chi connectivity index (χ2n) is 7.07. The van der Waals surface area contributed by atoms with Crippen molar-refractivity contribution in [3.63, 3.8) is 0 Å². The Morgan fingerprint density at radius 3 is 2.55 bits per heavy atom. The summed E-state index contributed by atoms with van der Waals surface area (Å²) < 4.78 is 33.8. The van der Waals surface area contributed by atoms with E-state index in [9.17, 15) is 18.0 Å². The third-order valence-electron chi connectivity index (χ3n) is 5.08. The average molecular weight is 463 g/mol. The summed E-state index contributed by atoms with van der Waals surface area (Å²) in [5.74, 6) is -0.478. The first kappa shape index (κ1) is 21.6. The Balaban J connectivity index is 1.40. The average Bonchev–Trinajstić information content (AvgIpc) is 3.24. The molecular formula is C20H22N4O5S2. The number of rotatable bonds is 6. The summed E-state index contributed by atoms with van der Waals surface area (Å²) >= 11 is 1.40. The summed E-state index contributed by atoms with van der Waals surface area (Å²) in [7, 11) is -3.65. The van der Waals surface area contributed by atoms with Crippen molar-refractivity contribution in [2.75, 3.05) is 32.8 Å². The van der Waals surface area contributed by atoms with Crippen LogP contribution < -0.4 is 5.56 Å². The SMILES string of the molecule is CCOC(=O)c1ccc(S(=O)(=O)N2CCN(Cc3cc(=O)n4ccsc4n3)CC2)cc1. The lowest BCUT2D eigenvalue weighted by molar-refractivity contribution is 0.0526. The van der Waals surface area contributed by atoms with Gasteiger partial charge in [0.05, 0.1) is 22.8 Å². The molecule has 0 saturated carbocycles. The van der Waals surface area contributed by atoms with Crippen LogP contribution in [0.1, 0.15) is 23.0 Å². The van der Waals surface area contributed by atoms with E-state index >= 15 is 0 Å². The van der Waals surface area contributed by atoms with Gasteiger partial charge in [-0.05, 0) is 31.2 Å². The summed E-state index contributed by atoms with van der Waals surface area (Å²) in [4.78, 5) is 31.3. The zero-order valence-corrected chi connectivity index (χ0v) is 18.6. The molecule has 2 aromatic heterocycles. The predicted molar refractivity (Wildman–Crippen MR) is 116 cm³/mol. The lowest BCUT2D eigenvalue weighted by atomic mass is 10.2. The fourth-order valence-electron chi connectivity index (χ4n) is 3.45. The first-order valence-electron chi connectivity index (χ1n) is 9.84. The third kappa shape index (κ3) is 4.54. The first-order chi connectivity index (χ1) is 14.9. The fraction of sp³-hybridized carbons (Fsp3) is 0.350. The molecule has 4 rings (SSSR count). The molecule has 3 aromatic rings. The lowest BCUT2D eigenvalue weighted by Gasteiger charge is -2.33. The van der Waals surface area contributed by atoms with Crippen LogP contribution >= 0.6 is 11.3 Å². The fourth-order valence-corrected chi connectivity index (χ4v) is 5.61. The van der Waals surface area contributed by atoms with Crippen LogP contribution in [0, 0.1) is 0 Å². The van der Waals surface area contributed by atoms with E-state index < -0.39 is 16.0 Å². The van der Waals surface area contributed by atoms with Crippen molar-refractivity contribution in [3.8, 4) is 0 Å². The highest BCUT2D eigenvalue weighted by atomic mass is 32.2. The van der Waals surface area contributed by atoms with Crippen molar-refractivity contribution in [3.05, 3.63) is 63.5 Å². The first-order valence-corrected chi connectivity index (χ1v) is 12.2. The van der Waals surface area contributed by atoms with Crippen LogP contribution in [0.25, 0.3) is 4.96 Å². The number of thiazole rings is 1. The minimum Gasteiger partial charge on any atom is -0.462 e. The van der Waals surface area contributed by atoms with E-state index in [0.717, 1.165) is 0 Å². The third-order valence-corrected chi connectivity index (χ3v) is 7.75. The van der Waals surface area contributed by atoms with Crippen molar-refractivity contribution in [2.24, 2.45) is 0 Å². The van der Waals surface area contributed by atoms with Gasteiger partial charge in [0.1, 0.15) is 0 Å². The van der Waals surface area contributed by atoms with Gasteiger partial charge < -0.3 is 4.74 Å². The summed E-state index contributed by atoms with van der Waals surface area (Å²) in [6.07, 6.45) is 1.70. The van der Waals surface area contributed by atoms with E-state index in [2.05, 4.69) is 9.88 Å². The molecule has 1 aromatic carbocycles. The van der Waals surface area contributed by atoms with Gasteiger partial charge >= 0.3 is 5.97 Å². The van der Waals surface area contributed by atoms with Crippen LogP contribution in [-0.4, -0.2) is 65.8 Å². The number of sulfonamides is 1. The Kier molecular flexibility index (Phi) is 6.19. The highest BCUT2D eigenvalue weighted by Crippen LogP contribution is 2.19. The van der Waals surface area contributed by atoms with Crippen molar-refractivity contribution in [1.29, 1.82) is 0 Å². The zero-order chi connectivity index (χ0) is 22.0. The van der Waals surface area contributed by atoms with Crippen LogP contribution in [0.15, 0.2) is 51.6 Å². The number of nitrogens with zero attached hydrogens (tertiary/aromatic N) is 4. The minimum absolute atomic E-state index is 0.117. The number of benzene rings is 1. The molecule has 0 N–H and O–H groups in total. The summed E-state index contributed by atoms with van der Waals surface area (Å²) in [6, 6.07) is 7.31. The van der Waals surface area contributed by atoms with Gasteiger partial charge in [-0.2, -0.15) is 4.31 Å². The molecule has 11 heteroatoms. The maximum absolute atomic E-state index is 13.0. The lowest BCUT2D eigenvalue weighted by Crippen LogP contribution is -2.48. The summed E-state index contributed by atoms with van der Waals surface area (Å²) in [5.41, 5.74) is 0.878. The molecule has 0 unspecified atom stereocenters. The van der Waals surface area contributed by atoms with Crippen LogP contribution in [0.5, 0.6) is 0 Å². The molecule has 1 fully saturated rings. The molecule has 3 heterocycles. The van der Waals surface area contributed by atoms with Crippen molar-refractivity contribution in [1.82, 2.24) is 18.6 Å². The maximum Gasteiger partial charge on any atom is 0.338 e. The van der Waals surface area contributed by atoms with Gasteiger partial charge in [-0.3, -0.25) is 14.1 Å². The molecule has 31 heavy (non-hydrogen) atoms. The van der Waals surface area contributed by atoms with Gasteiger partial charge in [0.15, 0.2) is 4.96 Å². The number of carbonyl (C=O) groups excluding carboxylic acids is 1. The largest absolute Gasteiger partial charge is 0.462 e. The van der Waals surface area contributed by atoms with Crippen molar-refractivity contribution in [2.45, 2.75) is 18.4 Å². The van der Waals surface area contributed by atoms with Gasteiger partial charge in [-0.25, -0.2) is 18.2 Å². The van der Waals surface area contributed by atoms with E-state index in [1.54, 1.807) is 13.1 Å². The summed E-state index contributed by atoms with van der Waals surface area (Å²) in [6.45, 7) is 4.20. The quantitative estimate of drug-likeness (QED) is 0.511. The Morgan fingerprint density at radius 1 is 1.16 bits per heavy atom. The number of aromatic nitrogens is 2. The summed E-state index contributed by atoms with van der Waals surface area (Å²) in [5, 5.41) is 1.82. The molecule has 1 aliphatic rings. The maximum atomic E-state index is 13.0. The topological polar surface area (TPSA) is 101 Å². The number of fused-ring (bicyclic) bond motifs is 1. The molecule has 0 atom stereocenters. The molecule has 9 nitrogen and oxygen atoms in total. The van der Waals surface area contributed by atoms with Crippen molar-refractivity contribution < 1.29 is 17.9 Å². The Hall–Kier alpha value is -2.60. The van der Waals surface area contributed by atoms with Crippen molar-refractivity contribution >= 4 is 32.3 Å². The van der Waals surface area contributed by atoms with Crippen LogP contribution in [0.4, 0.5) is 0 Å². The highest BCUT2D eigenvalue weighted by Gasteiger charge is 2.29. The molecule has 1 aliphatic heterocycles. The number of ether oxygens (including phenoxy) is 1. The predicted octanol–water partition coefficient (Wildman–Crippen LogP) is 1.44. The standard InChI is InChI=1S/C20H22N4O5S2/c1-2-29-19(26)15-3-5-17(6-4-15)31(27,28)23-9-7-22(8-10-23)14-16-13-18(25)24-11-12-30-20(24)21-16/h3-6,11-13H,2,7-10,14H2,1H3. The Bertz CT molecular complexity index is 1240. The van der Waals surface area contributed by atoms with Gasteiger partial charge in [0.25, 0.3) is 5.56 Å². The second-order valence-corrected chi connectivity index (χ2v) is 9.88. The molecule has 0 aliphatic carbocycles. The number of piperazine rings is 1. The molecule has 0 spiro atoms. The smallest absolute Gasteiger partial charge is 0.338 e. The van der Waals surface area contributed by atoms with E-state index in [-0.39, 0.29) is 17.1 Å². The Morgan fingerprint density at radius 2 is 1.87 bits per heavy atom. The van der Waals surface area contributed by atoms with Crippen LogP contribution in [0.3, 0.4) is 0 Å². The number of esters is 1. The molecule has 0 radical (unpaired) electrons. The van der Waals surface area contributed by atoms with E-state index in [1.165, 1.54) is 50.4 Å². The number of carbonyl (C=O) groups is 1. The van der Waals surface area contributed by atoms with Gasteiger partial charge in [0, 0.05) is 50.4 Å². The van der Waals surface area contributed by atoms with E-state index in [0.29, 0.717) is 48.9 Å². The second kappa shape index (κ2) is 8.87. The number of hydrogen-bond acceptors (Lipinski definition) is 8. The minimum atomic E-state index is -3.65. The molecule has 0 bridgehead atoms. The zero-order valence-electron chi connectivity index (χ0n) is 16.9.